The number of amides is 1. The Kier molecular flexibility index (Phi) is 5.29. The zero-order chi connectivity index (χ0) is 12.0. The van der Waals surface area contributed by atoms with Crippen LogP contribution in [-0.4, -0.2) is 17.9 Å². The van der Waals surface area contributed by atoms with E-state index in [0.29, 0.717) is 6.61 Å². The number of anilines is 1. The number of ether oxygens (including phenoxy) is 1. The molecule has 1 aromatic rings. The van der Waals surface area contributed by atoms with E-state index < -0.39 is 0 Å². The first-order chi connectivity index (χ1) is 7.63. The van der Waals surface area contributed by atoms with Gasteiger partial charge in [0.1, 0.15) is 5.88 Å². The zero-order valence-corrected chi connectivity index (χ0v) is 10.3. The Morgan fingerprint density at radius 1 is 1.44 bits per heavy atom. The molecular weight excluding hydrogens is 226 g/mol. The van der Waals surface area contributed by atoms with Crippen molar-refractivity contribution in [3.05, 3.63) is 29.8 Å². The van der Waals surface area contributed by atoms with Crippen LogP contribution in [-0.2, 0) is 16.1 Å². The number of alkyl halides is 1. The van der Waals surface area contributed by atoms with Gasteiger partial charge in [-0.3, -0.25) is 4.79 Å². The van der Waals surface area contributed by atoms with Gasteiger partial charge in [0.05, 0.1) is 12.7 Å². The minimum absolute atomic E-state index is 0.0423. The van der Waals surface area contributed by atoms with Crippen LogP contribution < -0.4 is 5.32 Å². The van der Waals surface area contributed by atoms with E-state index in [2.05, 4.69) is 5.32 Å². The smallest absolute Gasteiger partial charge is 0.239 e. The van der Waals surface area contributed by atoms with Crippen molar-refractivity contribution in [1.82, 2.24) is 0 Å². The van der Waals surface area contributed by atoms with Gasteiger partial charge in [0.2, 0.25) is 5.91 Å². The van der Waals surface area contributed by atoms with Gasteiger partial charge in [0, 0.05) is 11.3 Å². The van der Waals surface area contributed by atoms with E-state index in [1.807, 2.05) is 38.1 Å². The molecule has 1 rings (SSSR count). The van der Waals surface area contributed by atoms with Crippen molar-refractivity contribution in [1.29, 1.82) is 0 Å². The van der Waals surface area contributed by atoms with Gasteiger partial charge in [0.25, 0.3) is 0 Å². The maximum absolute atomic E-state index is 11.2. The molecule has 0 unspecified atom stereocenters. The highest BCUT2D eigenvalue weighted by molar-refractivity contribution is 6.29. The van der Waals surface area contributed by atoms with Crippen LogP contribution in [0.5, 0.6) is 0 Å². The van der Waals surface area contributed by atoms with Crippen molar-refractivity contribution >= 4 is 23.2 Å². The summed E-state index contributed by atoms with van der Waals surface area (Å²) in [5.74, 6) is -0.252. The fraction of sp³-hybridized carbons (Fsp3) is 0.417. The summed E-state index contributed by atoms with van der Waals surface area (Å²) in [6.07, 6.45) is 0.164. The predicted molar refractivity (Wildman–Crippen MR) is 65.7 cm³/mol. The lowest BCUT2D eigenvalue weighted by Gasteiger charge is -2.12. The summed E-state index contributed by atoms with van der Waals surface area (Å²) in [5.41, 5.74) is 1.71. The van der Waals surface area contributed by atoms with Gasteiger partial charge in [0.15, 0.2) is 0 Å². The second kappa shape index (κ2) is 6.51. The Morgan fingerprint density at radius 3 is 2.75 bits per heavy atom. The average Bonchev–Trinajstić information content (AvgIpc) is 2.27. The molecule has 0 saturated carbocycles. The van der Waals surface area contributed by atoms with Gasteiger partial charge in [-0.25, -0.2) is 0 Å². The zero-order valence-electron chi connectivity index (χ0n) is 9.50. The van der Waals surface area contributed by atoms with Gasteiger partial charge in [-0.05, 0) is 19.9 Å². The number of hydrogen-bond donors (Lipinski definition) is 1. The molecule has 0 aliphatic carbocycles. The quantitative estimate of drug-likeness (QED) is 0.805. The largest absolute Gasteiger partial charge is 0.374 e. The molecule has 0 fully saturated rings. The van der Waals surface area contributed by atoms with Crippen LogP contribution in [0, 0.1) is 0 Å². The minimum Gasteiger partial charge on any atom is -0.374 e. The van der Waals surface area contributed by atoms with Crippen LogP contribution in [0.1, 0.15) is 19.4 Å². The lowest BCUT2D eigenvalue weighted by molar-refractivity contribution is -0.113. The molecule has 0 bridgehead atoms. The van der Waals surface area contributed by atoms with Crippen molar-refractivity contribution in [2.75, 3.05) is 11.2 Å². The first-order valence-corrected chi connectivity index (χ1v) is 5.72. The molecule has 1 N–H and O–H groups in total. The molecule has 88 valence electrons. The third-order valence-electron chi connectivity index (χ3n) is 1.98. The molecule has 1 aromatic carbocycles. The van der Waals surface area contributed by atoms with Crippen molar-refractivity contribution in [2.24, 2.45) is 0 Å². The van der Waals surface area contributed by atoms with Gasteiger partial charge < -0.3 is 10.1 Å². The first-order valence-electron chi connectivity index (χ1n) is 5.18. The summed E-state index contributed by atoms with van der Waals surface area (Å²) in [4.78, 5) is 11.2. The highest BCUT2D eigenvalue weighted by Gasteiger charge is 2.06. The number of hydrogen-bond acceptors (Lipinski definition) is 2. The van der Waals surface area contributed by atoms with Crippen LogP contribution in [0.25, 0.3) is 0 Å². The molecule has 0 atom stereocenters. The summed E-state index contributed by atoms with van der Waals surface area (Å²) < 4.78 is 5.50. The number of carbonyl (C=O) groups excluding carboxylic acids is 1. The van der Waals surface area contributed by atoms with Crippen LogP contribution in [0.4, 0.5) is 5.69 Å². The van der Waals surface area contributed by atoms with E-state index in [4.69, 9.17) is 16.3 Å². The Balaban J connectivity index is 2.71. The molecule has 0 spiro atoms. The first kappa shape index (κ1) is 13.0. The second-order valence-electron chi connectivity index (χ2n) is 3.70. The fourth-order valence-corrected chi connectivity index (χ4v) is 1.27. The summed E-state index contributed by atoms with van der Waals surface area (Å²) in [5, 5.41) is 2.73. The third-order valence-corrected chi connectivity index (χ3v) is 2.23. The van der Waals surface area contributed by atoms with Crippen molar-refractivity contribution in [3.63, 3.8) is 0 Å². The van der Waals surface area contributed by atoms with Crippen LogP contribution in [0.15, 0.2) is 24.3 Å². The highest BCUT2D eigenvalue weighted by Crippen LogP contribution is 2.16. The van der Waals surface area contributed by atoms with Gasteiger partial charge in [-0.1, -0.05) is 18.2 Å². The number of halogens is 1. The standard InChI is InChI=1S/C12H16ClNO2/c1-9(2)16-8-10-5-3-4-6-11(10)14-12(15)7-13/h3-6,9H,7-8H2,1-2H3,(H,14,15). The number of para-hydroxylation sites is 1. The maximum atomic E-state index is 11.2. The van der Waals surface area contributed by atoms with E-state index in [1.165, 1.54) is 0 Å². The molecule has 4 heteroatoms. The van der Waals surface area contributed by atoms with Crippen LogP contribution in [0.2, 0.25) is 0 Å². The van der Waals surface area contributed by atoms with E-state index >= 15 is 0 Å². The monoisotopic (exact) mass is 241 g/mol. The van der Waals surface area contributed by atoms with Gasteiger partial charge in [-0.15, -0.1) is 11.6 Å². The number of benzene rings is 1. The Labute approximate surface area is 101 Å². The van der Waals surface area contributed by atoms with Gasteiger partial charge in [-0.2, -0.15) is 0 Å². The fourth-order valence-electron chi connectivity index (χ4n) is 1.21. The summed E-state index contributed by atoms with van der Waals surface area (Å²) in [6.45, 7) is 4.43. The van der Waals surface area contributed by atoms with Crippen LogP contribution >= 0.6 is 11.6 Å². The summed E-state index contributed by atoms with van der Waals surface area (Å²) in [6, 6.07) is 7.54. The predicted octanol–water partition coefficient (Wildman–Crippen LogP) is 2.79. The Hall–Kier alpha value is -1.06. The second-order valence-corrected chi connectivity index (χ2v) is 3.97. The van der Waals surface area contributed by atoms with E-state index in [1.54, 1.807) is 0 Å². The highest BCUT2D eigenvalue weighted by atomic mass is 35.5. The maximum Gasteiger partial charge on any atom is 0.239 e. The molecule has 1 amide bonds. The van der Waals surface area contributed by atoms with E-state index in [0.717, 1.165) is 11.3 Å². The molecule has 0 aliphatic rings. The lowest BCUT2D eigenvalue weighted by Crippen LogP contribution is -2.14. The molecule has 3 nitrogen and oxygen atoms in total. The lowest BCUT2D eigenvalue weighted by atomic mass is 10.2. The number of carbonyl (C=O) groups is 1. The SMILES string of the molecule is CC(C)OCc1ccccc1NC(=O)CCl. The van der Waals surface area contributed by atoms with E-state index in [9.17, 15) is 4.79 Å². The molecular formula is C12H16ClNO2. The Bertz CT molecular complexity index is 353. The van der Waals surface area contributed by atoms with Crippen molar-refractivity contribution in [3.8, 4) is 0 Å². The topological polar surface area (TPSA) is 38.3 Å². The minimum atomic E-state index is -0.210. The molecule has 0 saturated heterocycles. The normalized spacial score (nSPS) is 10.5. The van der Waals surface area contributed by atoms with Gasteiger partial charge >= 0.3 is 0 Å². The molecule has 16 heavy (non-hydrogen) atoms. The van der Waals surface area contributed by atoms with E-state index in [-0.39, 0.29) is 17.9 Å². The molecule has 0 radical (unpaired) electrons. The van der Waals surface area contributed by atoms with Crippen molar-refractivity contribution < 1.29 is 9.53 Å². The summed E-state index contributed by atoms with van der Waals surface area (Å²) >= 11 is 5.44. The molecule has 0 aliphatic heterocycles. The Morgan fingerprint density at radius 2 is 2.12 bits per heavy atom. The average molecular weight is 242 g/mol. The molecule has 0 aromatic heterocycles. The number of nitrogens with one attached hydrogen (secondary N) is 1. The van der Waals surface area contributed by atoms with Crippen LogP contribution in [0.3, 0.4) is 0 Å². The summed E-state index contributed by atoms with van der Waals surface area (Å²) in [7, 11) is 0. The molecule has 0 heterocycles. The third kappa shape index (κ3) is 4.21. The number of rotatable bonds is 5. The van der Waals surface area contributed by atoms with Crippen molar-refractivity contribution in [2.45, 2.75) is 26.6 Å².